The Bertz CT molecular complexity index is 963. The number of carbonyl (C=O) groups is 1. The lowest BCUT2D eigenvalue weighted by atomic mass is 10.1. The SMILES string of the molecule is CC(C)Oc1ccc(C(=O)N2CCN(Cc3nnnn3-c3ccccc3)CC2)cc1. The van der Waals surface area contributed by atoms with Gasteiger partial charge in [0.25, 0.3) is 5.91 Å². The van der Waals surface area contributed by atoms with Crippen LogP contribution in [0.25, 0.3) is 5.69 Å². The van der Waals surface area contributed by atoms with Gasteiger partial charge in [0, 0.05) is 31.7 Å². The Morgan fingerprint density at radius 1 is 1.00 bits per heavy atom. The van der Waals surface area contributed by atoms with Crippen LogP contribution in [-0.2, 0) is 6.54 Å². The molecule has 1 amide bonds. The Hall–Kier alpha value is -3.26. The molecule has 4 rings (SSSR count). The van der Waals surface area contributed by atoms with Gasteiger partial charge in [-0.2, -0.15) is 4.68 Å². The van der Waals surface area contributed by atoms with E-state index in [1.54, 1.807) is 4.68 Å². The number of ether oxygens (including phenoxy) is 1. The molecular weight excluding hydrogens is 380 g/mol. The van der Waals surface area contributed by atoms with Crippen LogP contribution in [0.5, 0.6) is 5.75 Å². The third-order valence-corrected chi connectivity index (χ3v) is 5.03. The number of carbonyl (C=O) groups excluding carboxylic acids is 1. The van der Waals surface area contributed by atoms with Crippen molar-refractivity contribution in [1.29, 1.82) is 0 Å². The molecule has 1 aliphatic heterocycles. The smallest absolute Gasteiger partial charge is 0.253 e. The van der Waals surface area contributed by atoms with Gasteiger partial charge < -0.3 is 9.64 Å². The predicted octanol–water partition coefficient (Wildman–Crippen LogP) is 2.41. The van der Waals surface area contributed by atoms with Gasteiger partial charge in [-0.15, -0.1) is 5.10 Å². The average Bonchev–Trinajstić information content (AvgIpc) is 3.23. The Balaban J connectivity index is 1.33. The van der Waals surface area contributed by atoms with Crippen molar-refractivity contribution in [2.45, 2.75) is 26.5 Å². The van der Waals surface area contributed by atoms with E-state index >= 15 is 0 Å². The van der Waals surface area contributed by atoms with Crippen LogP contribution in [-0.4, -0.2) is 68.2 Å². The Kier molecular flexibility index (Phi) is 6.04. The zero-order valence-corrected chi connectivity index (χ0v) is 17.3. The summed E-state index contributed by atoms with van der Waals surface area (Å²) in [6, 6.07) is 17.2. The third-order valence-electron chi connectivity index (χ3n) is 5.03. The quantitative estimate of drug-likeness (QED) is 0.626. The minimum atomic E-state index is 0.0554. The van der Waals surface area contributed by atoms with E-state index in [0.29, 0.717) is 25.2 Å². The highest BCUT2D eigenvalue weighted by molar-refractivity contribution is 5.94. The molecule has 156 valence electrons. The number of nitrogens with zero attached hydrogens (tertiary/aromatic N) is 6. The second kappa shape index (κ2) is 9.04. The number of amides is 1. The van der Waals surface area contributed by atoms with Crippen molar-refractivity contribution in [3.05, 3.63) is 66.0 Å². The summed E-state index contributed by atoms with van der Waals surface area (Å²) in [6.45, 7) is 7.52. The monoisotopic (exact) mass is 406 g/mol. The van der Waals surface area contributed by atoms with Crippen molar-refractivity contribution in [2.75, 3.05) is 26.2 Å². The highest BCUT2D eigenvalue weighted by atomic mass is 16.5. The molecule has 2 heterocycles. The first-order valence-electron chi connectivity index (χ1n) is 10.2. The van der Waals surface area contributed by atoms with Gasteiger partial charge in [-0.05, 0) is 60.7 Å². The van der Waals surface area contributed by atoms with Crippen molar-refractivity contribution in [3.8, 4) is 11.4 Å². The van der Waals surface area contributed by atoms with E-state index in [4.69, 9.17) is 4.74 Å². The van der Waals surface area contributed by atoms with Crippen LogP contribution < -0.4 is 4.74 Å². The van der Waals surface area contributed by atoms with Crippen LogP contribution in [0.3, 0.4) is 0 Å². The van der Waals surface area contributed by atoms with E-state index in [1.165, 1.54) is 0 Å². The maximum Gasteiger partial charge on any atom is 0.253 e. The lowest BCUT2D eigenvalue weighted by Crippen LogP contribution is -2.48. The summed E-state index contributed by atoms with van der Waals surface area (Å²) < 4.78 is 7.41. The van der Waals surface area contributed by atoms with Crippen molar-refractivity contribution >= 4 is 5.91 Å². The molecular formula is C22H26N6O2. The van der Waals surface area contributed by atoms with Crippen LogP contribution >= 0.6 is 0 Å². The van der Waals surface area contributed by atoms with Gasteiger partial charge in [0.1, 0.15) is 5.75 Å². The topological polar surface area (TPSA) is 76.4 Å². The molecule has 0 spiro atoms. The predicted molar refractivity (Wildman–Crippen MR) is 113 cm³/mol. The van der Waals surface area contributed by atoms with Gasteiger partial charge >= 0.3 is 0 Å². The molecule has 8 nitrogen and oxygen atoms in total. The first-order chi connectivity index (χ1) is 14.6. The molecule has 0 unspecified atom stereocenters. The number of hydrogen-bond donors (Lipinski definition) is 0. The van der Waals surface area contributed by atoms with Gasteiger partial charge in [0.2, 0.25) is 0 Å². The fourth-order valence-corrected chi connectivity index (χ4v) is 3.51. The third kappa shape index (κ3) is 4.65. The lowest BCUT2D eigenvalue weighted by Gasteiger charge is -2.34. The fraction of sp³-hybridized carbons (Fsp3) is 0.364. The van der Waals surface area contributed by atoms with E-state index in [0.717, 1.165) is 30.4 Å². The largest absolute Gasteiger partial charge is 0.491 e. The molecule has 0 N–H and O–H groups in total. The second-order valence-electron chi connectivity index (χ2n) is 7.60. The van der Waals surface area contributed by atoms with Crippen LogP contribution in [0, 0.1) is 0 Å². The van der Waals surface area contributed by atoms with Gasteiger partial charge in [0.05, 0.1) is 18.3 Å². The molecule has 2 aromatic carbocycles. The molecule has 8 heteroatoms. The lowest BCUT2D eigenvalue weighted by molar-refractivity contribution is 0.0624. The van der Waals surface area contributed by atoms with Crippen LogP contribution in [0.4, 0.5) is 0 Å². The van der Waals surface area contributed by atoms with Gasteiger partial charge in [-0.3, -0.25) is 9.69 Å². The summed E-state index contributed by atoms with van der Waals surface area (Å²) in [7, 11) is 0. The first-order valence-corrected chi connectivity index (χ1v) is 10.2. The van der Waals surface area contributed by atoms with Gasteiger partial charge in [0.15, 0.2) is 5.82 Å². The van der Waals surface area contributed by atoms with Crippen molar-refractivity contribution < 1.29 is 9.53 Å². The summed E-state index contributed by atoms with van der Waals surface area (Å²) in [5.74, 6) is 1.63. The molecule has 0 bridgehead atoms. The molecule has 1 aromatic heterocycles. The van der Waals surface area contributed by atoms with E-state index in [1.807, 2.05) is 73.3 Å². The maximum absolute atomic E-state index is 12.8. The van der Waals surface area contributed by atoms with E-state index in [-0.39, 0.29) is 12.0 Å². The molecule has 30 heavy (non-hydrogen) atoms. The number of piperazine rings is 1. The number of benzene rings is 2. The minimum absolute atomic E-state index is 0.0554. The van der Waals surface area contributed by atoms with Crippen LogP contribution in [0.1, 0.15) is 30.0 Å². The average molecular weight is 406 g/mol. The van der Waals surface area contributed by atoms with Crippen LogP contribution in [0.2, 0.25) is 0 Å². The zero-order chi connectivity index (χ0) is 20.9. The van der Waals surface area contributed by atoms with Crippen molar-refractivity contribution in [3.63, 3.8) is 0 Å². The van der Waals surface area contributed by atoms with Gasteiger partial charge in [-0.1, -0.05) is 18.2 Å². The fourth-order valence-electron chi connectivity index (χ4n) is 3.51. The molecule has 1 fully saturated rings. The van der Waals surface area contributed by atoms with E-state index in [9.17, 15) is 4.79 Å². The summed E-state index contributed by atoms with van der Waals surface area (Å²) in [6.07, 6.45) is 0.113. The molecule has 0 aliphatic carbocycles. The maximum atomic E-state index is 12.8. The summed E-state index contributed by atoms with van der Waals surface area (Å²) in [5, 5.41) is 12.1. The highest BCUT2D eigenvalue weighted by Crippen LogP contribution is 2.17. The number of para-hydroxylation sites is 1. The molecule has 1 saturated heterocycles. The first kappa shape index (κ1) is 20.0. The minimum Gasteiger partial charge on any atom is -0.491 e. The number of rotatable bonds is 6. The summed E-state index contributed by atoms with van der Waals surface area (Å²) in [4.78, 5) is 17.0. The molecule has 0 saturated carbocycles. The molecule has 0 radical (unpaired) electrons. The molecule has 0 atom stereocenters. The second-order valence-corrected chi connectivity index (χ2v) is 7.60. The Morgan fingerprint density at radius 2 is 1.70 bits per heavy atom. The Morgan fingerprint density at radius 3 is 2.37 bits per heavy atom. The standard InChI is InChI=1S/C22H26N6O2/c1-17(2)30-20-10-8-18(9-11-20)22(29)27-14-12-26(13-15-27)16-21-23-24-25-28(21)19-6-4-3-5-7-19/h3-11,17H,12-16H2,1-2H3. The Labute approximate surface area is 176 Å². The normalized spacial score (nSPS) is 14.8. The number of hydrogen-bond acceptors (Lipinski definition) is 6. The molecule has 3 aromatic rings. The number of tetrazole rings is 1. The van der Waals surface area contributed by atoms with Crippen molar-refractivity contribution in [2.24, 2.45) is 0 Å². The van der Waals surface area contributed by atoms with E-state index in [2.05, 4.69) is 20.4 Å². The van der Waals surface area contributed by atoms with Gasteiger partial charge in [-0.25, -0.2) is 0 Å². The van der Waals surface area contributed by atoms with Crippen molar-refractivity contribution in [1.82, 2.24) is 30.0 Å². The highest BCUT2D eigenvalue weighted by Gasteiger charge is 2.23. The van der Waals surface area contributed by atoms with Crippen LogP contribution in [0.15, 0.2) is 54.6 Å². The van der Waals surface area contributed by atoms with E-state index < -0.39 is 0 Å². The zero-order valence-electron chi connectivity index (χ0n) is 17.3. The number of aromatic nitrogens is 4. The summed E-state index contributed by atoms with van der Waals surface area (Å²) in [5.41, 5.74) is 1.63. The molecule has 1 aliphatic rings. The summed E-state index contributed by atoms with van der Waals surface area (Å²) >= 11 is 0.